The maximum absolute atomic E-state index is 11.8. The zero-order valence-electron chi connectivity index (χ0n) is 16.6. The summed E-state index contributed by atoms with van der Waals surface area (Å²) in [7, 11) is -4.74. The van der Waals surface area contributed by atoms with Gasteiger partial charge in [0, 0.05) is 6.54 Å². The third-order valence-corrected chi connectivity index (χ3v) is 5.33. The quantitative estimate of drug-likeness (QED) is 0.176. The van der Waals surface area contributed by atoms with Gasteiger partial charge in [0.2, 0.25) is 11.8 Å². The molecule has 0 radical (unpaired) electrons. The lowest BCUT2D eigenvalue weighted by atomic mass is 10.1. The third kappa shape index (κ3) is 14.5. The minimum Gasteiger partial charge on any atom is -0.374 e. The van der Waals surface area contributed by atoms with E-state index in [2.05, 4.69) is 12.2 Å². The van der Waals surface area contributed by atoms with Crippen molar-refractivity contribution >= 4 is 21.9 Å². The first-order valence-electron chi connectivity index (χ1n) is 9.90. The van der Waals surface area contributed by atoms with E-state index in [9.17, 15) is 18.0 Å². The maximum atomic E-state index is 11.8. The summed E-state index contributed by atoms with van der Waals surface area (Å²) in [6.45, 7) is 3.82. The first-order valence-corrected chi connectivity index (χ1v) is 11.4. The van der Waals surface area contributed by atoms with Gasteiger partial charge in [0.15, 0.2) is 5.25 Å². The number of aliphatic hydroxyl groups excluding tert-OH is 1. The number of aliphatic hydroxyl groups is 1. The SMILES string of the molecule is CCCCCCCCCCCCNC(=O)CC(C(=O)NC(C)O)S(=O)(=O)O. The van der Waals surface area contributed by atoms with Gasteiger partial charge in [-0.1, -0.05) is 64.7 Å². The van der Waals surface area contributed by atoms with Crippen molar-refractivity contribution in [3.05, 3.63) is 0 Å². The smallest absolute Gasteiger partial charge is 0.277 e. The van der Waals surface area contributed by atoms with Crippen molar-refractivity contribution in [1.82, 2.24) is 10.6 Å². The fraction of sp³-hybridized carbons (Fsp3) is 0.889. The van der Waals surface area contributed by atoms with Crippen LogP contribution in [0, 0.1) is 0 Å². The van der Waals surface area contributed by atoms with Crippen molar-refractivity contribution in [2.24, 2.45) is 0 Å². The molecule has 2 amide bonds. The molecule has 0 fully saturated rings. The van der Waals surface area contributed by atoms with E-state index in [-0.39, 0.29) is 0 Å². The Morgan fingerprint density at radius 2 is 1.41 bits per heavy atom. The Kier molecular flexibility index (Phi) is 14.2. The molecule has 0 aliphatic heterocycles. The molecule has 0 aromatic heterocycles. The molecule has 0 saturated heterocycles. The molecule has 8 nitrogen and oxygen atoms in total. The Hall–Kier alpha value is -1.19. The van der Waals surface area contributed by atoms with Gasteiger partial charge in [0.25, 0.3) is 10.1 Å². The molecule has 0 spiro atoms. The highest BCUT2D eigenvalue weighted by molar-refractivity contribution is 7.87. The van der Waals surface area contributed by atoms with Crippen LogP contribution in [0.3, 0.4) is 0 Å². The van der Waals surface area contributed by atoms with Crippen LogP contribution >= 0.6 is 0 Å². The summed E-state index contributed by atoms with van der Waals surface area (Å²) >= 11 is 0. The molecule has 0 aliphatic rings. The van der Waals surface area contributed by atoms with Crippen molar-refractivity contribution in [3.8, 4) is 0 Å². The standard InChI is InChI=1S/C18H36N2O6S/c1-3-4-5-6-7-8-9-10-11-12-13-19-17(22)14-16(27(24,25)26)18(23)20-15(2)21/h15-16,21H,3-14H2,1-2H3,(H,19,22)(H,20,23)(H,24,25,26). The van der Waals surface area contributed by atoms with Crippen LogP contribution in [0.15, 0.2) is 0 Å². The van der Waals surface area contributed by atoms with Crippen molar-refractivity contribution in [3.63, 3.8) is 0 Å². The molecule has 0 rings (SSSR count). The van der Waals surface area contributed by atoms with Crippen LogP contribution in [-0.4, -0.2) is 47.9 Å². The van der Waals surface area contributed by atoms with Gasteiger partial charge in [-0.15, -0.1) is 0 Å². The normalized spacial score (nSPS) is 13.8. The average molecular weight is 409 g/mol. The molecule has 160 valence electrons. The van der Waals surface area contributed by atoms with E-state index in [0.29, 0.717) is 6.54 Å². The highest BCUT2D eigenvalue weighted by atomic mass is 32.2. The van der Waals surface area contributed by atoms with Crippen LogP contribution in [0.5, 0.6) is 0 Å². The number of amides is 2. The number of carbonyl (C=O) groups excluding carboxylic acids is 2. The van der Waals surface area contributed by atoms with Gasteiger partial charge in [0.1, 0.15) is 6.23 Å². The lowest BCUT2D eigenvalue weighted by Crippen LogP contribution is -2.45. The number of nitrogens with one attached hydrogen (secondary N) is 2. The molecule has 2 atom stereocenters. The number of hydrogen-bond acceptors (Lipinski definition) is 5. The Morgan fingerprint density at radius 3 is 1.85 bits per heavy atom. The van der Waals surface area contributed by atoms with Crippen LogP contribution in [0.1, 0.15) is 84.5 Å². The zero-order chi connectivity index (χ0) is 20.7. The van der Waals surface area contributed by atoms with Crippen LogP contribution in [0.25, 0.3) is 0 Å². The molecule has 4 N–H and O–H groups in total. The molecule has 0 aromatic rings. The second kappa shape index (κ2) is 14.8. The van der Waals surface area contributed by atoms with Crippen LogP contribution in [0.2, 0.25) is 0 Å². The second-order valence-electron chi connectivity index (χ2n) is 6.92. The van der Waals surface area contributed by atoms with Crippen molar-refractivity contribution in [2.75, 3.05) is 6.54 Å². The highest BCUT2D eigenvalue weighted by Gasteiger charge is 2.33. The largest absolute Gasteiger partial charge is 0.374 e. The molecule has 0 heterocycles. The summed E-state index contributed by atoms with van der Waals surface area (Å²) < 4.78 is 31.7. The maximum Gasteiger partial charge on any atom is 0.277 e. The fourth-order valence-electron chi connectivity index (χ4n) is 2.71. The summed E-state index contributed by atoms with van der Waals surface area (Å²) in [6.07, 6.45) is 9.69. The number of hydrogen-bond donors (Lipinski definition) is 4. The van der Waals surface area contributed by atoms with Gasteiger partial charge in [-0.05, 0) is 13.3 Å². The third-order valence-electron chi connectivity index (χ3n) is 4.23. The zero-order valence-corrected chi connectivity index (χ0v) is 17.4. The lowest BCUT2D eigenvalue weighted by Gasteiger charge is -2.15. The van der Waals surface area contributed by atoms with Crippen LogP contribution < -0.4 is 10.6 Å². The predicted molar refractivity (Wildman–Crippen MR) is 105 cm³/mol. The monoisotopic (exact) mass is 408 g/mol. The average Bonchev–Trinajstić information content (AvgIpc) is 2.55. The molecule has 2 unspecified atom stereocenters. The van der Waals surface area contributed by atoms with Gasteiger partial charge in [-0.3, -0.25) is 14.1 Å². The van der Waals surface area contributed by atoms with Gasteiger partial charge in [0.05, 0.1) is 6.42 Å². The highest BCUT2D eigenvalue weighted by Crippen LogP contribution is 2.10. The number of unbranched alkanes of at least 4 members (excludes halogenated alkanes) is 9. The van der Waals surface area contributed by atoms with E-state index in [4.69, 9.17) is 9.66 Å². The Balaban J connectivity index is 3.92. The van der Waals surface area contributed by atoms with Crippen molar-refractivity contribution in [1.29, 1.82) is 0 Å². The molecule has 27 heavy (non-hydrogen) atoms. The second-order valence-corrected chi connectivity index (χ2v) is 8.52. The fourth-order valence-corrected chi connectivity index (χ4v) is 3.41. The van der Waals surface area contributed by atoms with E-state index in [1.807, 2.05) is 5.32 Å². The summed E-state index contributed by atoms with van der Waals surface area (Å²) in [6, 6.07) is 0. The summed E-state index contributed by atoms with van der Waals surface area (Å²) in [5.74, 6) is -1.74. The van der Waals surface area contributed by atoms with Gasteiger partial charge < -0.3 is 15.7 Å². The van der Waals surface area contributed by atoms with E-state index in [0.717, 1.165) is 19.3 Å². The molecule has 0 bridgehead atoms. The molecule has 0 saturated carbocycles. The van der Waals surface area contributed by atoms with Gasteiger partial charge in [-0.2, -0.15) is 8.42 Å². The molecular formula is C18H36N2O6S. The number of carbonyl (C=O) groups is 2. The Bertz CT molecular complexity index is 522. The van der Waals surface area contributed by atoms with E-state index in [1.165, 1.54) is 51.9 Å². The molecule has 0 aromatic carbocycles. The van der Waals surface area contributed by atoms with E-state index in [1.54, 1.807) is 0 Å². The Labute approximate surface area is 163 Å². The van der Waals surface area contributed by atoms with E-state index < -0.39 is 39.8 Å². The molecule has 0 aliphatic carbocycles. The summed E-state index contributed by atoms with van der Waals surface area (Å²) in [4.78, 5) is 23.5. The lowest BCUT2D eigenvalue weighted by molar-refractivity contribution is -0.127. The summed E-state index contributed by atoms with van der Waals surface area (Å²) in [5, 5.41) is 11.7. The molecule has 9 heteroatoms. The van der Waals surface area contributed by atoms with Crippen molar-refractivity contribution in [2.45, 2.75) is 96.0 Å². The Morgan fingerprint density at radius 1 is 0.926 bits per heavy atom. The molecular weight excluding hydrogens is 372 g/mol. The minimum atomic E-state index is -4.74. The summed E-state index contributed by atoms with van der Waals surface area (Å²) in [5.41, 5.74) is 0. The first kappa shape index (κ1) is 25.8. The predicted octanol–water partition coefficient (Wildman–Crippen LogP) is 2.12. The van der Waals surface area contributed by atoms with Gasteiger partial charge >= 0.3 is 0 Å². The van der Waals surface area contributed by atoms with Crippen LogP contribution in [0.4, 0.5) is 0 Å². The van der Waals surface area contributed by atoms with E-state index >= 15 is 0 Å². The van der Waals surface area contributed by atoms with Gasteiger partial charge in [-0.25, -0.2) is 0 Å². The van der Waals surface area contributed by atoms with Crippen molar-refractivity contribution < 1.29 is 27.7 Å². The first-order chi connectivity index (χ1) is 12.7. The van der Waals surface area contributed by atoms with Crippen LogP contribution in [-0.2, 0) is 19.7 Å². The minimum absolute atomic E-state index is 0.394. The number of rotatable bonds is 16. The topological polar surface area (TPSA) is 133 Å².